The number of esters is 1. The van der Waals surface area contributed by atoms with E-state index in [9.17, 15) is 9.90 Å². The third-order valence-corrected chi connectivity index (χ3v) is 8.58. The van der Waals surface area contributed by atoms with Gasteiger partial charge in [0, 0.05) is 11.8 Å². The zero-order valence-corrected chi connectivity index (χ0v) is 14.2. The highest BCUT2D eigenvalue weighted by Crippen LogP contribution is 2.67. The first-order valence-electron chi connectivity index (χ1n) is 9.16. The van der Waals surface area contributed by atoms with E-state index in [1.807, 2.05) is 0 Å². The maximum Gasteiger partial charge on any atom is 0.306 e. The molecule has 3 nitrogen and oxygen atoms in total. The van der Waals surface area contributed by atoms with Crippen LogP contribution in [0.4, 0.5) is 0 Å². The van der Waals surface area contributed by atoms with E-state index in [0.717, 1.165) is 12.8 Å². The number of rotatable bonds is 0. The number of carbonyl (C=O) groups is 1. The van der Waals surface area contributed by atoms with Crippen LogP contribution in [0.25, 0.3) is 0 Å². The molecule has 4 aliphatic rings. The van der Waals surface area contributed by atoms with Crippen molar-refractivity contribution in [1.82, 2.24) is 0 Å². The quantitative estimate of drug-likeness (QED) is 0.696. The lowest BCUT2D eigenvalue weighted by Gasteiger charge is -2.60. The first-order valence-corrected chi connectivity index (χ1v) is 9.16. The van der Waals surface area contributed by atoms with Crippen LogP contribution in [0.5, 0.6) is 0 Å². The minimum Gasteiger partial charge on any atom is -0.465 e. The van der Waals surface area contributed by atoms with E-state index in [1.54, 1.807) is 0 Å². The molecule has 0 amide bonds. The Kier molecular flexibility index (Phi) is 3.06. The summed E-state index contributed by atoms with van der Waals surface area (Å²) in [6.45, 7) is 7.38. The molecule has 1 heterocycles. The molecule has 22 heavy (non-hydrogen) atoms. The molecule has 0 unspecified atom stereocenters. The van der Waals surface area contributed by atoms with Crippen molar-refractivity contribution in [1.29, 1.82) is 0 Å². The normalized spacial score (nSPS) is 57.5. The molecule has 3 aliphatic carbocycles. The number of aliphatic hydroxyl groups is 1. The lowest BCUT2D eigenvalue weighted by molar-refractivity contribution is -0.186. The van der Waals surface area contributed by atoms with Crippen molar-refractivity contribution >= 4 is 5.97 Å². The van der Waals surface area contributed by atoms with Gasteiger partial charge >= 0.3 is 5.97 Å². The van der Waals surface area contributed by atoms with Crippen molar-refractivity contribution < 1.29 is 14.6 Å². The van der Waals surface area contributed by atoms with E-state index in [4.69, 9.17) is 4.74 Å². The molecular formula is C19H30O3. The SMILES string of the molecule is C[C@@]12COC(=O)C[C@@H]1CC[C@@H]1[C@@H]2CC[C@]2(C)[C@H]1CC[C@]2(C)O. The lowest BCUT2D eigenvalue weighted by Crippen LogP contribution is -2.57. The smallest absolute Gasteiger partial charge is 0.306 e. The first-order chi connectivity index (χ1) is 10.3. The molecule has 1 N–H and O–H groups in total. The van der Waals surface area contributed by atoms with Crippen LogP contribution in [0.15, 0.2) is 0 Å². The molecule has 0 radical (unpaired) electrons. The van der Waals surface area contributed by atoms with Crippen LogP contribution in [0.1, 0.15) is 65.7 Å². The van der Waals surface area contributed by atoms with Crippen molar-refractivity contribution in [2.24, 2.45) is 34.5 Å². The van der Waals surface area contributed by atoms with Crippen molar-refractivity contribution in [3.8, 4) is 0 Å². The van der Waals surface area contributed by atoms with Gasteiger partial charge in [-0.05, 0) is 74.5 Å². The van der Waals surface area contributed by atoms with Gasteiger partial charge in [0.15, 0.2) is 0 Å². The maximum absolute atomic E-state index is 11.7. The van der Waals surface area contributed by atoms with E-state index in [-0.39, 0.29) is 16.8 Å². The summed E-state index contributed by atoms with van der Waals surface area (Å²) in [7, 11) is 0. The minimum atomic E-state index is -0.501. The largest absolute Gasteiger partial charge is 0.465 e. The van der Waals surface area contributed by atoms with Gasteiger partial charge in [0.05, 0.1) is 12.2 Å². The molecule has 4 fully saturated rings. The Balaban J connectivity index is 1.65. The van der Waals surface area contributed by atoms with Crippen LogP contribution < -0.4 is 0 Å². The van der Waals surface area contributed by atoms with Gasteiger partial charge in [-0.1, -0.05) is 13.8 Å². The Morgan fingerprint density at radius 3 is 2.55 bits per heavy atom. The summed E-state index contributed by atoms with van der Waals surface area (Å²) in [5, 5.41) is 10.9. The highest BCUT2D eigenvalue weighted by atomic mass is 16.5. The monoisotopic (exact) mass is 306 g/mol. The summed E-state index contributed by atoms with van der Waals surface area (Å²) in [4.78, 5) is 11.7. The molecule has 0 spiro atoms. The standard InChI is InChI=1S/C19H30O3/c1-17-11-22-16(20)10-12(17)4-5-13-14(17)6-8-18(2)15(13)7-9-19(18,3)21/h12-15,21H,4-11H2,1-3H3/t12-,13+,14-,15-,17+,18+,19-/m0/s1. The predicted octanol–water partition coefficient (Wildman–Crippen LogP) is 3.54. The molecule has 4 rings (SSSR count). The Hall–Kier alpha value is -0.570. The number of fused-ring (bicyclic) bond motifs is 5. The van der Waals surface area contributed by atoms with E-state index < -0.39 is 5.60 Å². The van der Waals surface area contributed by atoms with Crippen molar-refractivity contribution in [3.05, 3.63) is 0 Å². The fourth-order valence-corrected chi connectivity index (χ4v) is 6.83. The fraction of sp³-hybridized carbons (Fsp3) is 0.947. The van der Waals surface area contributed by atoms with Gasteiger partial charge in [-0.25, -0.2) is 0 Å². The van der Waals surface area contributed by atoms with Gasteiger partial charge in [0.25, 0.3) is 0 Å². The summed E-state index contributed by atoms with van der Waals surface area (Å²) in [5.74, 6) is 2.56. The van der Waals surface area contributed by atoms with Crippen LogP contribution >= 0.6 is 0 Å². The highest BCUT2D eigenvalue weighted by Gasteiger charge is 2.63. The van der Waals surface area contributed by atoms with Crippen molar-refractivity contribution in [2.45, 2.75) is 71.3 Å². The Morgan fingerprint density at radius 1 is 1.05 bits per heavy atom. The van der Waals surface area contributed by atoms with E-state index in [1.165, 1.54) is 25.7 Å². The van der Waals surface area contributed by atoms with E-state index in [0.29, 0.717) is 36.7 Å². The number of carbonyl (C=O) groups excluding carboxylic acids is 1. The molecule has 1 saturated heterocycles. The molecule has 3 saturated carbocycles. The predicted molar refractivity (Wildman–Crippen MR) is 84.1 cm³/mol. The molecule has 0 aromatic rings. The van der Waals surface area contributed by atoms with Crippen LogP contribution in [0.2, 0.25) is 0 Å². The summed E-state index contributed by atoms with van der Waals surface area (Å²) in [6, 6.07) is 0. The van der Waals surface area contributed by atoms with Crippen LogP contribution in [-0.4, -0.2) is 23.3 Å². The molecule has 7 atom stereocenters. The molecule has 0 aromatic heterocycles. The van der Waals surface area contributed by atoms with E-state index in [2.05, 4.69) is 20.8 Å². The average molecular weight is 306 g/mol. The molecule has 1 aliphatic heterocycles. The Bertz CT molecular complexity index is 499. The average Bonchev–Trinajstić information content (AvgIpc) is 2.70. The van der Waals surface area contributed by atoms with Crippen molar-refractivity contribution in [3.63, 3.8) is 0 Å². The number of cyclic esters (lactones) is 1. The van der Waals surface area contributed by atoms with Crippen LogP contribution in [-0.2, 0) is 9.53 Å². The van der Waals surface area contributed by atoms with Crippen molar-refractivity contribution in [2.75, 3.05) is 6.61 Å². The van der Waals surface area contributed by atoms with E-state index >= 15 is 0 Å². The Morgan fingerprint density at radius 2 is 1.77 bits per heavy atom. The molecule has 3 heteroatoms. The summed E-state index contributed by atoms with van der Waals surface area (Å²) < 4.78 is 5.49. The second-order valence-electron chi connectivity index (χ2n) is 9.29. The number of hydrogen-bond donors (Lipinski definition) is 1. The van der Waals surface area contributed by atoms with Crippen LogP contribution in [0.3, 0.4) is 0 Å². The Labute approximate surface area is 133 Å². The molecular weight excluding hydrogens is 276 g/mol. The van der Waals surface area contributed by atoms with Gasteiger partial charge in [-0.3, -0.25) is 4.79 Å². The van der Waals surface area contributed by atoms with Gasteiger partial charge < -0.3 is 9.84 Å². The second-order valence-corrected chi connectivity index (χ2v) is 9.29. The van der Waals surface area contributed by atoms with Gasteiger partial charge in [0.2, 0.25) is 0 Å². The zero-order chi connectivity index (χ0) is 15.8. The summed E-state index contributed by atoms with van der Waals surface area (Å²) >= 11 is 0. The highest BCUT2D eigenvalue weighted by molar-refractivity contribution is 5.70. The van der Waals surface area contributed by atoms with Gasteiger partial charge in [-0.2, -0.15) is 0 Å². The zero-order valence-electron chi connectivity index (χ0n) is 14.2. The second kappa shape index (κ2) is 4.49. The lowest BCUT2D eigenvalue weighted by atomic mass is 9.46. The third-order valence-electron chi connectivity index (χ3n) is 8.58. The van der Waals surface area contributed by atoms with Gasteiger partial charge in [-0.15, -0.1) is 0 Å². The van der Waals surface area contributed by atoms with Gasteiger partial charge in [0.1, 0.15) is 0 Å². The molecule has 0 bridgehead atoms. The number of ether oxygens (including phenoxy) is 1. The first kappa shape index (κ1) is 15.0. The number of hydrogen-bond acceptors (Lipinski definition) is 3. The third kappa shape index (κ3) is 1.75. The molecule has 124 valence electrons. The topological polar surface area (TPSA) is 46.5 Å². The fourth-order valence-electron chi connectivity index (χ4n) is 6.83. The maximum atomic E-state index is 11.7. The van der Waals surface area contributed by atoms with Crippen LogP contribution in [0, 0.1) is 34.5 Å². The summed E-state index contributed by atoms with van der Waals surface area (Å²) in [5.41, 5.74) is -0.241. The molecule has 0 aromatic carbocycles. The summed E-state index contributed by atoms with van der Waals surface area (Å²) in [6.07, 6.45) is 7.48. The minimum absolute atomic E-state index is 0.00497.